The molecular weight excluding hydrogens is 546 g/mol. The highest BCUT2D eigenvalue weighted by Crippen LogP contribution is 2.37. The number of sulfone groups is 1. The third kappa shape index (κ3) is 5.27. The number of benzene rings is 2. The first-order valence-corrected chi connectivity index (χ1v) is 16.1. The molecule has 0 saturated carbocycles. The number of piperidine rings is 1. The van der Waals surface area contributed by atoms with Crippen molar-refractivity contribution in [3.63, 3.8) is 0 Å². The van der Waals surface area contributed by atoms with E-state index in [0.29, 0.717) is 51.1 Å². The highest BCUT2D eigenvalue weighted by molar-refractivity contribution is 7.94. The second-order valence-electron chi connectivity index (χ2n) is 11.1. The van der Waals surface area contributed by atoms with E-state index in [-0.39, 0.29) is 5.25 Å². The number of likely N-dealkylation sites (tertiary alicyclic amines) is 1. The Morgan fingerprint density at radius 2 is 1.82 bits per heavy atom. The number of hydrogen-bond donors (Lipinski definition) is 0. The van der Waals surface area contributed by atoms with Gasteiger partial charge in [0.1, 0.15) is 12.4 Å². The summed E-state index contributed by atoms with van der Waals surface area (Å²) in [5.41, 5.74) is 3.17. The molecule has 2 fully saturated rings. The van der Waals surface area contributed by atoms with Crippen LogP contribution in [0.1, 0.15) is 36.9 Å². The molecule has 2 aromatic carbocycles. The lowest BCUT2D eigenvalue weighted by atomic mass is 10.0. The van der Waals surface area contributed by atoms with Crippen molar-refractivity contribution in [3.8, 4) is 6.01 Å². The van der Waals surface area contributed by atoms with Crippen molar-refractivity contribution < 1.29 is 13.2 Å². The summed E-state index contributed by atoms with van der Waals surface area (Å²) in [6.07, 6.45) is 4.16. The molecule has 0 amide bonds. The van der Waals surface area contributed by atoms with Gasteiger partial charge in [-0.05, 0) is 63.2 Å². The van der Waals surface area contributed by atoms with E-state index in [0.717, 1.165) is 69.9 Å². The quantitative estimate of drug-likeness (QED) is 0.392. The van der Waals surface area contributed by atoms with Crippen LogP contribution in [0.25, 0.3) is 10.8 Å². The Labute approximate surface area is 241 Å². The van der Waals surface area contributed by atoms with Crippen LogP contribution in [0, 0.1) is 0 Å². The predicted octanol–water partition coefficient (Wildman–Crippen LogP) is 4.85. The summed E-state index contributed by atoms with van der Waals surface area (Å²) in [4.78, 5) is 16.8. The Morgan fingerprint density at radius 1 is 1.05 bits per heavy atom. The summed E-state index contributed by atoms with van der Waals surface area (Å²) in [6.45, 7) is 7.81. The zero-order valence-corrected chi connectivity index (χ0v) is 24.5. The van der Waals surface area contributed by atoms with E-state index in [1.807, 2.05) is 12.1 Å². The lowest BCUT2D eigenvalue weighted by molar-refractivity contribution is 0.187. The van der Waals surface area contributed by atoms with E-state index < -0.39 is 9.84 Å². The molecule has 0 aliphatic carbocycles. The average Bonchev–Trinajstić information content (AvgIpc) is 3.39. The molecule has 2 saturated heterocycles. The monoisotopic (exact) mass is 581 g/mol. The SMILES string of the molecule is C=CS(=O)(=O)C1CCN(c2nc(OC[C@@H]3CCCN3C)nc3c2CCN(c2cccc4cccc(Cl)c24)C3)CC1. The summed E-state index contributed by atoms with van der Waals surface area (Å²) >= 11 is 6.67. The first-order valence-electron chi connectivity index (χ1n) is 14.1. The maximum atomic E-state index is 12.4. The van der Waals surface area contributed by atoms with Gasteiger partial charge in [-0.3, -0.25) is 0 Å². The van der Waals surface area contributed by atoms with E-state index in [1.165, 1.54) is 6.42 Å². The Morgan fingerprint density at radius 3 is 2.55 bits per heavy atom. The van der Waals surface area contributed by atoms with Gasteiger partial charge in [0.05, 0.1) is 22.5 Å². The first-order chi connectivity index (χ1) is 19.3. The topological polar surface area (TPSA) is 78.9 Å². The van der Waals surface area contributed by atoms with Gasteiger partial charge in [-0.15, -0.1) is 0 Å². The van der Waals surface area contributed by atoms with Crippen molar-refractivity contribution in [2.45, 2.75) is 49.9 Å². The summed E-state index contributed by atoms with van der Waals surface area (Å²) in [5.74, 6) is 0.879. The first kappa shape index (κ1) is 27.3. The fraction of sp³-hybridized carbons (Fsp3) is 0.467. The highest BCUT2D eigenvalue weighted by Gasteiger charge is 2.32. The fourth-order valence-electron chi connectivity index (χ4n) is 6.35. The third-order valence-corrected chi connectivity index (χ3v) is 10.9. The number of fused-ring (bicyclic) bond motifs is 2. The van der Waals surface area contributed by atoms with Crippen molar-refractivity contribution >= 4 is 43.7 Å². The molecule has 40 heavy (non-hydrogen) atoms. The van der Waals surface area contributed by atoms with Crippen molar-refractivity contribution in [1.29, 1.82) is 0 Å². The van der Waals surface area contributed by atoms with Gasteiger partial charge in [0.25, 0.3) is 0 Å². The molecule has 10 heteroatoms. The van der Waals surface area contributed by atoms with Gasteiger partial charge in [0, 0.05) is 47.7 Å². The second kappa shape index (κ2) is 11.2. The number of hydrogen-bond acceptors (Lipinski definition) is 8. The molecule has 0 N–H and O–H groups in total. The summed E-state index contributed by atoms with van der Waals surface area (Å²) in [7, 11) is -1.14. The molecule has 6 rings (SSSR count). The summed E-state index contributed by atoms with van der Waals surface area (Å²) in [6, 6.07) is 13.0. The van der Waals surface area contributed by atoms with Crippen molar-refractivity contribution in [2.24, 2.45) is 0 Å². The molecule has 3 aliphatic rings. The molecule has 3 aromatic rings. The average molecular weight is 582 g/mol. The van der Waals surface area contributed by atoms with Gasteiger partial charge in [-0.2, -0.15) is 9.97 Å². The van der Waals surface area contributed by atoms with Gasteiger partial charge in [-0.25, -0.2) is 8.42 Å². The summed E-state index contributed by atoms with van der Waals surface area (Å²) < 4.78 is 31.1. The van der Waals surface area contributed by atoms with E-state index in [9.17, 15) is 8.42 Å². The van der Waals surface area contributed by atoms with E-state index in [1.54, 1.807) is 0 Å². The Hall–Kier alpha value is -2.88. The second-order valence-corrected chi connectivity index (χ2v) is 13.7. The number of anilines is 2. The normalized spacial score (nSPS) is 20.6. The predicted molar refractivity (Wildman–Crippen MR) is 161 cm³/mol. The van der Waals surface area contributed by atoms with Crippen LogP contribution in [0.4, 0.5) is 11.5 Å². The molecule has 1 aromatic heterocycles. The van der Waals surface area contributed by atoms with E-state index >= 15 is 0 Å². The Balaban J connectivity index is 1.31. The third-order valence-electron chi connectivity index (χ3n) is 8.71. The van der Waals surface area contributed by atoms with E-state index in [4.69, 9.17) is 26.3 Å². The van der Waals surface area contributed by atoms with Crippen LogP contribution in [-0.2, 0) is 22.8 Å². The number of rotatable bonds is 7. The number of aromatic nitrogens is 2. The highest BCUT2D eigenvalue weighted by atomic mass is 35.5. The van der Waals surface area contributed by atoms with E-state index in [2.05, 4.69) is 52.6 Å². The van der Waals surface area contributed by atoms with Crippen LogP contribution < -0.4 is 14.5 Å². The van der Waals surface area contributed by atoms with Gasteiger partial charge in [-0.1, -0.05) is 42.4 Å². The van der Waals surface area contributed by atoms with Crippen LogP contribution in [0.15, 0.2) is 48.4 Å². The molecule has 8 nitrogen and oxygen atoms in total. The summed E-state index contributed by atoms with van der Waals surface area (Å²) in [5, 5.41) is 3.61. The zero-order chi connectivity index (χ0) is 27.9. The van der Waals surface area contributed by atoms with Gasteiger partial charge in [0.2, 0.25) is 0 Å². The van der Waals surface area contributed by atoms with Crippen molar-refractivity contribution in [2.75, 3.05) is 49.6 Å². The maximum absolute atomic E-state index is 12.4. The molecule has 1 atom stereocenters. The zero-order valence-electron chi connectivity index (χ0n) is 22.9. The van der Waals surface area contributed by atoms with Crippen molar-refractivity contribution in [1.82, 2.24) is 14.9 Å². The minimum atomic E-state index is -3.28. The molecule has 0 unspecified atom stereocenters. The Kier molecular flexibility index (Phi) is 7.63. The smallest absolute Gasteiger partial charge is 0.318 e. The number of ether oxygens (including phenoxy) is 1. The minimum absolute atomic E-state index is 0.359. The molecule has 4 heterocycles. The van der Waals surface area contributed by atoms with Crippen LogP contribution in [0.2, 0.25) is 5.02 Å². The molecular formula is C30H36ClN5O3S. The number of halogens is 1. The largest absolute Gasteiger partial charge is 0.462 e. The number of likely N-dealkylation sites (N-methyl/N-ethyl adjacent to an activating group) is 1. The fourth-order valence-corrected chi connectivity index (χ4v) is 7.77. The molecule has 0 bridgehead atoms. The molecule has 0 radical (unpaired) electrons. The standard InChI is InChI=1S/C30H36ClN5O3S/c1-3-40(37,38)23-12-16-35(17-13-23)29-24-14-18-36(27-11-5-8-21-7-4-10-25(31)28(21)27)19-26(24)32-30(33-29)39-20-22-9-6-15-34(22)2/h3-5,7-8,10-11,22-23H,1,6,9,12-20H2,2H3/t22-/m0/s1. The lowest BCUT2D eigenvalue weighted by Gasteiger charge is -2.36. The minimum Gasteiger partial charge on any atom is -0.462 e. The molecule has 3 aliphatic heterocycles. The van der Waals surface area contributed by atoms with Crippen LogP contribution in [-0.4, -0.2) is 74.4 Å². The van der Waals surface area contributed by atoms with Gasteiger partial charge < -0.3 is 19.4 Å². The molecule has 212 valence electrons. The van der Waals surface area contributed by atoms with Crippen molar-refractivity contribution in [3.05, 3.63) is 64.7 Å². The van der Waals surface area contributed by atoms with Gasteiger partial charge in [0.15, 0.2) is 9.84 Å². The van der Waals surface area contributed by atoms with Gasteiger partial charge >= 0.3 is 6.01 Å². The number of nitrogens with zero attached hydrogens (tertiary/aromatic N) is 5. The Bertz CT molecular complexity index is 1520. The molecule has 0 spiro atoms. The maximum Gasteiger partial charge on any atom is 0.318 e. The van der Waals surface area contributed by atoms with Crippen LogP contribution >= 0.6 is 11.6 Å². The lowest BCUT2D eigenvalue weighted by Crippen LogP contribution is -2.41. The van der Waals surface area contributed by atoms with Crippen LogP contribution in [0.5, 0.6) is 6.01 Å². The van der Waals surface area contributed by atoms with Crippen LogP contribution in [0.3, 0.4) is 0 Å².